The first-order valence-corrected chi connectivity index (χ1v) is 10.6. The second-order valence-corrected chi connectivity index (χ2v) is 8.75. The number of hydrogen-bond donors (Lipinski definition) is 2. The van der Waals surface area contributed by atoms with Crippen LogP contribution >= 0.6 is 11.6 Å². The average molecular weight is 427 g/mol. The number of sulfonamides is 1. The van der Waals surface area contributed by atoms with E-state index in [1.165, 1.54) is 24.3 Å². The number of amides is 1. The zero-order valence-corrected chi connectivity index (χ0v) is 16.7. The fourth-order valence-electron chi connectivity index (χ4n) is 2.98. The van der Waals surface area contributed by atoms with E-state index < -0.39 is 15.8 Å². The van der Waals surface area contributed by atoms with Crippen LogP contribution in [-0.2, 0) is 27.7 Å². The van der Waals surface area contributed by atoms with Crippen LogP contribution in [0.3, 0.4) is 0 Å². The van der Waals surface area contributed by atoms with Crippen molar-refractivity contribution in [2.75, 3.05) is 13.1 Å². The zero-order valence-electron chi connectivity index (χ0n) is 15.2. The van der Waals surface area contributed by atoms with Crippen LogP contribution in [0.25, 0.3) is 0 Å². The van der Waals surface area contributed by atoms with Crippen LogP contribution in [0, 0.1) is 5.82 Å². The minimum atomic E-state index is -3.78. The molecule has 0 saturated carbocycles. The summed E-state index contributed by atoms with van der Waals surface area (Å²) < 4.78 is 46.1. The maximum absolute atomic E-state index is 13.1. The molecule has 0 spiro atoms. The van der Waals surface area contributed by atoms with Crippen molar-refractivity contribution in [2.45, 2.75) is 30.8 Å². The molecule has 3 rings (SSSR count). The Labute approximate surface area is 168 Å². The number of carbonyl (C=O) groups excluding carboxylic acids is 1. The molecule has 1 aliphatic heterocycles. The third-order valence-electron chi connectivity index (χ3n) is 4.22. The van der Waals surface area contributed by atoms with Crippen molar-refractivity contribution in [2.24, 2.45) is 0 Å². The average Bonchev–Trinajstić information content (AvgIpc) is 3.00. The van der Waals surface area contributed by atoms with Gasteiger partial charge in [0.05, 0.1) is 16.3 Å². The molecule has 0 aromatic heterocycles. The first kappa shape index (κ1) is 20.6. The van der Waals surface area contributed by atoms with Crippen molar-refractivity contribution in [1.82, 2.24) is 10.0 Å². The number of nitrogens with one attached hydrogen (secondary N) is 2. The van der Waals surface area contributed by atoms with E-state index in [1.54, 1.807) is 12.1 Å². The van der Waals surface area contributed by atoms with Crippen LogP contribution in [0.4, 0.5) is 4.39 Å². The van der Waals surface area contributed by atoms with E-state index in [4.69, 9.17) is 16.3 Å². The highest BCUT2D eigenvalue weighted by molar-refractivity contribution is 7.89. The smallest absolute Gasteiger partial charge is 0.240 e. The summed E-state index contributed by atoms with van der Waals surface area (Å²) in [5.74, 6) is -0.208. The summed E-state index contributed by atoms with van der Waals surface area (Å²) in [4.78, 5) is 11.9. The molecule has 2 aromatic carbocycles. The molecule has 0 radical (unpaired) electrons. The van der Waals surface area contributed by atoms with Gasteiger partial charge in [0.15, 0.2) is 0 Å². The third kappa shape index (κ3) is 5.01. The van der Waals surface area contributed by atoms with E-state index in [0.29, 0.717) is 17.7 Å². The Hall–Kier alpha value is -2.16. The molecule has 6 nitrogen and oxygen atoms in total. The van der Waals surface area contributed by atoms with Gasteiger partial charge in [-0.1, -0.05) is 23.7 Å². The molecule has 2 aromatic rings. The number of ether oxygens (including phenoxy) is 1. The van der Waals surface area contributed by atoms with Gasteiger partial charge in [0.1, 0.15) is 17.7 Å². The fourth-order valence-corrected chi connectivity index (χ4v) is 4.44. The molecule has 1 atom stereocenters. The molecular weight excluding hydrogens is 407 g/mol. The maximum atomic E-state index is 13.1. The summed E-state index contributed by atoms with van der Waals surface area (Å²) in [6, 6.07) is 8.66. The van der Waals surface area contributed by atoms with Gasteiger partial charge in [-0.2, -0.15) is 0 Å². The van der Waals surface area contributed by atoms with Crippen molar-refractivity contribution in [1.29, 1.82) is 0 Å². The van der Waals surface area contributed by atoms with Crippen molar-refractivity contribution < 1.29 is 22.3 Å². The largest absolute Gasteiger partial charge is 0.489 e. The predicted molar refractivity (Wildman–Crippen MR) is 104 cm³/mol. The minimum absolute atomic E-state index is 0.0127. The number of halogens is 2. The van der Waals surface area contributed by atoms with Gasteiger partial charge in [0.25, 0.3) is 0 Å². The zero-order chi connectivity index (χ0) is 20.3. The molecule has 0 bridgehead atoms. The predicted octanol–water partition coefficient (Wildman–Crippen LogP) is 2.44. The Balaban J connectivity index is 1.52. The van der Waals surface area contributed by atoms with Gasteiger partial charge in [-0.05, 0) is 36.8 Å². The molecular formula is C19H20ClFN2O4S. The second-order valence-electron chi connectivity index (χ2n) is 6.58. The van der Waals surface area contributed by atoms with E-state index in [9.17, 15) is 17.6 Å². The summed E-state index contributed by atoms with van der Waals surface area (Å²) >= 11 is 6.14. The number of benzene rings is 2. The Bertz CT molecular complexity index is 997. The van der Waals surface area contributed by atoms with Gasteiger partial charge in [-0.25, -0.2) is 17.5 Å². The van der Waals surface area contributed by atoms with E-state index in [0.717, 1.165) is 5.56 Å². The van der Waals surface area contributed by atoms with E-state index in [1.807, 2.05) is 6.92 Å². The molecule has 1 aliphatic rings. The van der Waals surface area contributed by atoms with Gasteiger partial charge >= 0.3 is 0 Å². The lowest BCUT2D eigenvalue weighted by Crippen LogP contribution is -2.35. The van der Waals surface area contributed by atoms with E-state index in [2.05, 4.69) is 10.0 Å². The van der Waals surface area contributed by atoms with Gasteiger partial charge in [0, 0.05) is 25.1 Å². The SMILES string of the molecule is CC1Cc2cc(S(=O)(=O)NCCNC(=O)Cc3cccc(F)c3)cc(Cl)c2O1. The standard InChI is InChI=1S/C19H20ClFN2O4S/c1-12-7-14-10-16(11-17(20)19(14)27-12)28(25,26)23-6-5-22-18(24)9-13-3-2-4-15(21)8-13/h2-4,8,10-12,23H,5-7,9H2,1H3,(H,22,24). The molecule has 28 heavy (non-hydrogen) atoms. The summed E-state index contributed by atoms with van der Waals surface area (Å²) in [6.45, 7) is 2.00. The van der Waals surface area contributed by atoms with Crippen LogP contribution < -0.4 is 14.8 Å². The highest BCUT2D eigenvalue weighted by Crippen LogP contribution is 2.37. The number of carbonyl (C=O) groups is 1. The number of hydrogen-bond acceptors (Lipinski definition) is 4. The molecule has 0 fully saturated rings. The first-order chi connectivity index (χ1) is 13.2. The molecule has 0 saturated heterocycles. The highest BCUT2D eigenvalue weighted by Gasteiger charge is 2.25. The summed E-state index contributed by atoms with van der Waals surface area (Å²) in [5.41, 5.74) is 1.30. The Morgan fingerprint density at radius 3 is 2.82 bits per heavy atom. The number of rotatable bonds is 7. The summed E-state index contributed by atoms with van der Waals surface area (Å²) in [5, 5.41) is 2.85. The van der Waals surface area contributed by atoms with Crippen molar-refractivity contribution in [3.8, 4) is 5.75 Å². The van der Waals surface area contributed by atoms with Crippen LogP contribution in [0.2, 0.25) is 5.02 Å². The summed E-state index contributed by atoms with van der Waals surface area (Å²) in [7, 11) is -3.78. The fraction of sp³-hybridized carbons (Fsp3) is 0.316. The lowest BCUT2D eigenvalue weighted by atomic mass is 10.1. The quantitative estimate of drug-likeness (QED) is 0.666. The molecule has 0 aliphatic carbocycles. The molecule has 150 valence electrons. The van der Waals surface area contributed by atoms with Gasteiger partial charge in [0.2, 0.25) is 15.9 Å². The van der Waals surface area contributed by atoms with Crippen LogP contribution in [-0.4, -0.2) is 33.5 Å². The van der Waals surface area contributed by atoms with Crippen LogP contribution in [0.1, 0.15) is 18.1 Å². The Morgan fingerprint density at radius 2 is 2.07 bits per heavy atom. The molecule has 2 N–H and O–H groups in total. The van der Waals surface area contributed by atoms with Crippen molar-refractivity contribution in [3.63, 3.8) is 0 Å². The first-order valence-electron chi connectivity index (χ1n) is 8.74. The van der Waals surface area contributed by atoms with E-state index >= 15 is 0 Å². The molecule has 1 amide bonds. The maximum Gasteiger partial charge on any atom is 0.240 e. The Morgan fingerprint density at radius 1 is 1.29 bits per heavy atom. The lowest BCUT2D eigenvalue weighted by molar-refractivity contribution is -0.120. The normalized spacial score (nSPS) is 15.8. The summed E-state index contributed by atoms with van der Waals surface area (Å²) in [6.07, 6.45) is 0.559. The van der Waals surface area contributed by atoms with Gasteiger partial charge < -0.3 is 10.1 Å². The topological polar surface area (TPSA) is 84.5 Å². The third-order valence-corrected chi connectivity index (χ3v) is 5.94. The van der Waals surface area contributed by atoms with Crippen LogP contribution in [0.5, 0.6) is 5.75 Å². The monoisotopic (exact) mass is 426 g/mol. The van der Waals surface area contributed by atoms with Gasteiger partial charge in [-0.3, -0.25) is 4.79 Å². The molecule has 9 heteroatoms. The van der Waals surface area contributed by atoms with Crippen molar-refractivity contribution in [3.05, 3.63) is 58.4 Å². The van der Waals surface area contributed by atoms with Crippen LogP contribution in [0.15, 0.2) is 41.3 Å². The van der Waals surface area contributed by atoms with Crippen molar-refractivity contribution >= 4 is 27.5 Å². The Kier molecular flexibility index (Phi) is 6.22. The highest BCUT2D eigenvalue weighted by atomic mass is 35.5. The van der Waals surface area contributed by atoms with Gasteiger partial charge in [-0.15, -0.1) is 0 Å². The van der Waals surface area contributed by atoms with E-state index in [-0.39, 0.29) is 41.4 Å². The minimum Gasteiger partial charge on any atom is -0.489 e. The molecule has 1 heterocycles. The lowest BCUT2D eigenvalue weighted by Gasteiger charge is -2.10. The molecule has 1 unspecified atom stereocenters. The second kappa shape index (κ2) is 8.46. The number of fused-ring (bicyclic) bond motifs is 1.